The molecule has 0 saturated heterocycles. The van der Waals surface area contributed by atoms with Gasteiger partial charge < -0.3 is 5.73 Å². The summed E-state index contributed by atoms with van der Waals surface area (Å²) < 4.78 is 27.9. The van der Waals surface area contributed by atoms with Crippen molar-refractivity contribution >= 4 is 27.5 Å². The van der Waals surface area contributed by atoms with Crippen molar-refractivity contribution in [2.75, 3.05) is 12.0 Å². The summed E-state index contributed by atoms with van der Waals surface area (Å²) in [5, 5.41) is 0.664. The van der Waals surface area contributed by atoms with Crippen LogP contribution in [0.3, 0.4) is 0 Å². The van der Waals surface area contributed by atoms with Crippen LogP contribution in [0.2, 0.25) is 0 Å². The molecule has 0 aromatic heterocycles. The fourth-order valence-corrected chi connectivity index (χ4v) is 4.99. The summed E-state index contributed by atoms with van der Waals surface area (Å²) in [6.07, 6.45) is 6.05. The second-order valence-corrected chi connectivity index (χ2v) is 8.63. The van der Waals surface area contributed by atoms with Gasteiger partial charge in [-0.1, -0.05) is 0 Å². The topological polar surface area (TPSA) is 72.2 Å². The molecule has 0 bridgehead atoms. The molecule has 21 heavy (non-hydrogen) atoms. The Bertz CT molecular complexity index is 606. The quantitative estimate of drug-likeness (QED) is 0.834. The summed E-state index contributed by atoms with van der Waals surface area (Å²) in [6.45, 7) is 3.83. The summed E-state index contributed by atoms with van der Waals surface area (Å²) in [5.41, 5.74) is 8.17. The van der Waals surface area contributed by atoms with Crippen molar-refractivity contribution in [1.82, 2.24) is 4.72 Å². The lowest BCUT2D eigenvalue weighted by molar-refractivity contribution is 0.420. The minimum atomic E-state index is -3.54. The number of hydrogen-bond acceptors (Lipinski definition) is 4. The molecule has 0 spiro atoms. The van der Waals surface area contributed by atoms with E-state index in [4.69, 9.17) is 5.73 Å². The minimum absolute atomic E-state index is 0.0272. The Balaban J connectivity index is 2.14. The lowest BCUT2D eigenvalue weighted by atomic mass is 9.96. The molecule has 118 valence electrons. The third-order valence-electron chi connectivity index (χ3n) is 4.25. The summed E-state index contributed by atoms with van der Waals surface area (Å²) in [6, 6.07) is 3.43. The highest BCUT2D eigenvalue weighted by atomic mass is 32.2. The van der Waals surface area contributed by atoms with Crippen molar-refractivity contribution in [1.29, 1.82) is 0 Å². The van der Waals surface area contributed by atoms with Gasteiger partial charge in [0.1, 0.15) is 4.90 Å². The van der Waals surface area contributed by atoms with Gasteiger partial charge in [0.2, 0.25) is 10.0 Å². The van der Waals surface area contributed by atoms with E-state index in [0.29, 0.717) is 10.9 Å². The number of nitrogens with one attached hydrogen (secondary N) is 1. The van der Waals surface area contributed by atoms with Crippen molar-refractivity contribution in [3.63, 3.8) is 0 Å². The van der Waals surface area contributed by atoms with E-state index < -0.39 is 10.0 Å². The van der Waals surface area contributed by atoms with Gasteiger partial charge in [-0.15, -0.1) is 0 Å². The lowest BCUT2D eigenvalue weighted by Crippen LogP contribution is -2.38. The van der Waals surface area contributed by atoms with E-state index in [1.54, 1.807) is 12.1 Å². The minimum Gasteiger partial charge on any atom is -0.398 e. The van der Waals surface area contributed by atoms with E-state index in [0.717, 1.165) is 36.8 Å². The highest BCUT2D eigenvalue weighted by molar-refractivity contribution is 7.99. The van der Waals surface area contributed by atoms with Crippen LogP contribution in [0, 0.1) is 13.8 Å². The van der Waals surface area contributed by atoms with Crippen LogP contribution in [0.25, 0.3) is 0 Å². The van der Waals surface area contributed by atoms with Crippen LogP contribution in [0.15, 0.2) is 17.0 Å². The summed E-state index contributed by atoms with van der Waals surface area (Å²) in [4.78, 5) is 0.206. The number of thioether (sulfide) groups is 1. The van der Waals surface area contributed by atoms with E-state index >= 15 is 0 Å². The van der Waals surface area contributed by atoms with Gasteiger partial charge in [0.25, 0.3) is 0 Å². The van der Waals surface area contributed by atoms with Gasteiger partial charge >= 0.3 is 0 Å². The lowest BCUT2D eigenvalue weighted by Gasteiger charge is -2.28. The van der Waals surface area contributed by atoms with Crippen LogP contribution < -0.4 is 10.5 Å². The first-order valence-corrected chi connectivity index (χ1v) is 10.0. The largest absolute Gasteiger partial charge is 0.398 e. The van der Waals surface area contributed by atoms with Gasteiger partial charge in [0.05, 0.1) is 5.69 Å². The van der Waals surface area contributed by atoms with Crippen LogP contribution in [0.1, 0.15) is 36.8 Å². The van der Waals surface area contributed by atoms with E-state index in [1.165, 1.54) is 0 Å². The Morgan fingerprint density at radius 2 is 1.71 bits per heavy atom. The highest BCUT2D eigenvalue weighted by Gasteiger charge is 2.26. The number of anilines is 1. The van der Waals surface area contributed by atoms with Crippen molar-refractivity contribution < 1.29 is 8.42 Å². The Kier molecular flexibility index (Phi) is 5.22. The average Bonchev–Trinajstić information content (AvgIpc) is 2.43. The Morgan fingerprint density at radius 3 is 2.29 bits per heavy atom. The molecule has 0 aliphatic heterocycles. The van der Waals surface area contributed by atoms with Crippen LogP contribution in [-0.2, 0) is 10.0 Å². The van der Waals surface area contributed by atoms with Crippen LogP contribution in [0.5, 0.6) is 0 Å². The Hall–Kier alpha value is -0.720. The van der Waals surface area contributed by atoms with Crippen LogP contribution in [0.4, 0.5) is 5.69 Å². The average molecular weight is 329 g/mol. The standard InChI is InChI=1S/C15H24N2O2S2/c1-10-8-14(16)15(9-11(10)2)21(18,19)17-12-4-6-13(20-3)7-5-12/h8-9,12-13,17H,4-7,16H2,1-3H3. The van der Waals surface area contributed by atoms with Crippen LogP contribution >= 0.6 is 11.8 Å². The molecule has 1 aliphatic rings. The van der Waals surface area contributed by atoms with Crippen molar-refractivity contribution in [3.05, 3.63) is 23.3 Å². The molecule has 0 atom stereocenters. The van der Waals surface area contributed by atoms with E-state index in [-0.39, 0.29) is 10.9 Å². The van der Waals surface area contributed by atoms with E-state index in [1.807, 2.05) is 25.6 Å². The molecular weight excluding hydrogens is 304 g/mol. The van der Waals surface area contributed by atoms with E-state index in [2.05, 4.69) is 11.0 Å². The number of sulfonamides is 1. The maximum Gasteiger partial charge on any atom is 0.242 e. The monoisotopic (exact) mass is 328 g/mol. The second kappa shape index (κ2) is 6.58. The molecule has 1 aliphatic carbocycles. The molecule has 0 heterocycles. The zero-order valence-electron chi connectivity index (χ0n) is 12.8. The highest BCUT2D eigenvalue weighted by Crippen LogP contribution is 2.29. The molecule has 0 amide bonds. The molecule has 1 aromatic carbocycles. The number of nitrogens with two attached hydrogens (primary N) is 1. The molecule has 0 unspecified atom stereocenters. The molecular formula is C15H24N2O2S2. The molecule has 2 rings (SSSR count). The number of benzene rings is 1. The predicted molar refractivity (Wildman–Crippen MR) is 90.2 cm³/mol. The molecule has 1 aromatic rings. The molecule has 1 saturated carbocycles. The van der Waals surface area contributed by atoms with Gasteiger partial charge in [0.15, 0.2) is 0 Å². The smallest absolute Gasteiger partial charge is 0.242 e. The van der Waals surface area contributed by atoms with Crippen LogP contribution in [-0.4, -0.2) is 26.0 Å². The predicted octanol–water partition coefficient (Wildman–Crippen LogP) is 2.84. The Morgan fingerprint density at radius 1 is 1.14 bits per heavy atom. The van der Waals surface area contributed by atoms with Crippen molar-refractivity contribution in [2.45, 2.75) is 55.7 Å². The van der Waals surface area contributed by atoms with E-state index in [9.17, 15) is 8.42 Å². The first-order valence-electron chi connectivity index (χ1n) is 7.25. The normalized spacial score (nSPS) is 23.2. The van der Waals surface area contributed by atoms with Gasteiger partial charge in [-0.3, -0.25) is 0 Å². The van der Waals surface area contributed by atoms with Gasteiger partial charge in [0, 0.05) is 11.3 Å². The fraction of sp³-hybridized carbons (Fsp3) is 0.600. The zero-order chi connectivity index (χ0) is 15.6. The fourth-order valence-electron chi connectivity index (χ4n) is 2.74. The molecule has 0 radical (unpaired) electrons. The summed E-state index contributed by atoms with van der Waals surface area (Å²) in [7, 11) is -3.54. The molecule has 4 nitrogen and oxygen atoms in total. The SMILES string of the molecule is CSC1CCC(NS(=O)(=O)c2cc(C)c(C)cc2N)CC1. The number of nitrogen functional groups attached to an aromatic ring is 1. The summed E-state index contributed by atoms with van der Waals surface area (Å²) >= 11 is 1.87. The third kappa shape index (κ3) is 3.93. The third-order valence-corrected chi connectivity index (χ3v) is 6.96. The number of hydrogen-bond donors (Lipinski definition) is 2. The summed E-state index contributed by atoms with van der Waals surface area (Å²) in [5.74, 6) is 0. The second-order valence-electron chi connectivity index (χ2n) is 5.80. The zero-order valence-corrected chi connectivity index (χ0v) is 14.5. The van der Waals surface area contributed by atoms with Crippen molar-refractivity contribution in [3.8, 4) is 0 Å². The maximum absolute atomic E-state index is 12.5. The number of rotatable bonds is 4. The number of aryl methyl sites for hydroxylation is 2. The molecule has 1 fully saturated rings. The molecule has 6 heteroatoms. The molecule has 3 N–H and O–H groups in total. The van der Waals surface area contributed by atoms with Crippen molar-refractivity contribution in [2.24, 2.45) is 0 Å². The van der Waals surface area contributed by atoms with Gasteiger partial charge in [-0.25, -0.2) is 13.1 Å². The first kappa shape index (κ1) is 16.6. The first-order chi connectivity index (χ1) is 9.83. The maximum atomic E-state index is 12.5. The van der Waals surface area contributed by atoms with Gasteiger partial charge in [-0.2, -0.15) is 11.8 Å². The Labute approximate surface area is 131 Å². The van der Waals surface area contributed by atoms with Gasteiger partial charge in [-0.05, 0) is 69.0 Å².